The number of halogens is 1. The molecule has 0 spiro atoms. The van der Waals surface area contributed by atoms with Crippen molar-refractivity contribution < 1.29 is 33.2 Å². The van der Waals surface area contributed by atoms with Crippen LogP contribution in [0.25, 0.3) is 0 Å². The largest absolute Gasteiger partial charge is 0.508 e. The molecule has 1 N–H and O–H groups in total. The van der Waals surface area contributed by atoms with E-state index in [1.54, 1.807) is 26.8 Å². The van der Waals surface area contributed by atoms with E-state index < -0.39 is 17.9 Å². The zero-order chi connectivity index (χ0) is 19.6. The molecular weight excluding hydrogens is 355 g/mol. The monoisotopic (exact) mass is 376 g/mol. The van der Waals surface area contributed by atoms with Gasteiger partial charge in [-0.2, -0.15) is 0 Å². The maximum Gasteiger partial charge on any atom is 0.349 e. The Bertz CT molecular complexity index is 800. The van der Waals surface area contributed by atoms with Crippen molar-refractivity contribution in [2.24, 2.45) is 0 Å². The summed E-state index contributed by atoms with van der Waals surface area (Å²) in [4.78, 5) is 12.3. The lowest BCUT2D eigenvalue weighted by Crippen LogP contribution is -2.40. The fraction of sp³-hybridized carbons (Fsp3) is 0.350. The van der Waals surface area contributed by atoms with Crippen molar-refractivity contribution in [2.45, 2.75) is 39.1 Å². The fourth-order valence-electron chi connectivity index (χ4n) is 2.52. The summed E-state index contributed by atoms with van der Waals surface area (Å²) in [6.07, 6.45) is -0.289. The molecule has 3 rings (SSSR count). The standard InChI is InChI=1S/C20H21FO6/c1-12-10-16-17(11-15(12)22)26-18(25-16)8-9-24-19(23)20(2,3)27-14-6-4-13(21)5-7-14/h4-7,10-11,18,22H,8-9H2,1-3H3. The summed E-state index contributed by atoms with van der Waals surface area (Å²) in [5.41, 5.74) is -0.551. The SMILES string of the molecule is Cc1cc2c(cc1O)OC(CCOC(=O)C(C)(C)Oc1ccc(F)cc1)O2. The number of aromatic hydroxyl groups is 1. The van der Waals surface area contributed by atoms with Gasteiger partial charge in [0.25, 0.3) is 0 Å². The molecule has 0 aromatic heterocycles. The summed E-state index contributed by atoms with van der Waals surface area (Å²) in [5.74, 6) is 0.547. The van der Waals surface area contributed by atoms with Crippen molar-refractivity contribution in [1.29, 1.82) is 0 Å². The molecule has 0 fully saturated rings. The smallest absolute Gasteiger partial charge is 0.349 e. The lowest BCUT2D eigenvalue weighted by Gasteiger charge is -2.24. The topological polar surface area (TPSA) is 74.2 Å². The van der Waals surface area contributed by atoms with E-state index in [4.69, 9.17) is 18.9 Å². The molecule has 1 atom stereocenters. The van der Waals surface area contributed by atoms with Crippen LogP contribution in [-0.2, 0) is 9.53 Å². The van der Waals surface area contributed by atoms with Gasteiger partial charge in [-0.3, -0.25) is 0 Å². The third-order valence-electron chi connectivity index (χ3n) is 4.04. The highest BCUT2D eigenvalue weighted by molar-refractivity contribution is 5.79. The molecule has 0 saturated carbocycles. The van der Waals surface area contributed by atoms with Gasteiger partial charge in [0.1, 0.15) is 17.3 Å². The molecular formula is C20H21FO6. The first-order chi connectivity index (χ1) is 12.7. The van der Waals surface area contributed by atoms with Gasteiger partial charge >= 0.3 is 5.97 Å². The van der Waals surface area contributed by atoms with Crippen molar-refractivity contribution in [3.63, 3.8) is 0 Å². The number of esters is 1. The van der Waals surface area contributed by atoms with Crippen molar-refractivity contribution >= 4 is 5.97 Å². The third kappa shape index (κ3) is 4.42. The average molecular weight is 376 g/mol. The number of aryl methyl sites for hydroxylation is 1. The van der Waals surface area contributed by atoms with E-state index in [-0.39, 0.29) is 18.2 Å². The molecule has 2 aromatic carbocycles. The van der Waals surface area contributed by atoms with Crippen LogP contribution in [-0.4, -0.2) is 29.6 Å². The number of phenols is 1. The lowest BCUT2D eigenvalue weighted by molar-refractivity contribution is -0.160. The van der Waals surface area contributed by atoms with E-state index in [9.17, 15) is 14.3 Å². The molecule has 1 aliphatic rings. The minimum atomic E-state index is -1.24. The third-order valence-corrected chi connectivity index (χ3v) is 4.04. The van der Waals surface area contributed by atoms with Crippen LogP contribution in [0.4, 0.5) is 4.39 Å². The minimum absolute atomic E-state index is 0.0681. The van der Waals surface area contributed by atoms with Crippen molar-refractivity contribution in [2.75, 3.05) is 6.61 Å². The Labute approximate surface area is 156 Å². The van der Waals surface area contributed by atoms with Gasteiger partial charge in [-0.1, -0.05) is 0 Å². The molecule has 7 heteroatoms. The highest BCUT2D eigenvalue weighted by Gasteiger charge is 2.33. The molecule has 0 bridgehead atoms. The van der Waals surface area contributed by atoms with E-state index in [2.05, 4.69) is 0 Å². The van der Waals surface area contributed by atoms with Gasteiger partial charge in [-0.15, -0.1) is 0 Å². The molecule has 1 aliphatic heterocycles. The van der Waals surface area contributed by atoms with Crippen molar-refractivity contribution in [3.05, 3.63) is 47.8 Å². The number of benzene rings is 2. The molecule has 0 radical (unpaired) electrons. The van der Waals surface area contributed by atoms with Gasteiger partial charge in [-0.05, 0) is 56.7 Å². The second kappa shape index (κ2) is 7.34. The summed E-state index contributed by atoms with van der Waals surface area (Å²) in [7, 11) is 0. The summed E-state index contributed by atoms with van der Waals surface area (Å²) >= 11 is 0. The number of hydrogen-bond acceptors (Lipinski definition) is 6. The van der Waals surface area contributed by atoms with Gasteiger partial charge in [0, 0.05) is 6.07 Å². The Kier molecular flexibility index (Phi) is 5.12. The summed E-state index contributed by atoms with van der Waals surface area (Å²) in [5, 5.41) is 9.70. The molecule has 6 nitrogen and oxygen atoms in total. The second-order valence-electron chi connectivity index (χ2n) is 6.74. The van der Waals surface area contributed by atoms with E-state index in [1.807, 2.05) is 0 Å². The number of carbonyl (C=O) groups excluding carboxylic acids is 1. The van der Waals surface area contributed by atoms with Crippen LogP contribution in [0.3, 0.4) is 0 Å². The first-order valence-corrected chi connectivity index (χ1v) is 8.53. The molecule has 0 aliphatic carbocycles. The molecule has 2 aromatic rings. The van der Waals surface area contributed by atoms with Gasteiger partial charge in [-0.25, -0.2) is 9.18 Å². The van der Waals surface area contributed by atoms with E-state index in [1.165, 1.54) is 30.3 Å². The Morgan fingerprint density at radius 3 is 2.48 bits per heavy atom. The van der Waals surface area contributed by atoms with E-state index in [0.717, 1.165) is 0 Å². The van der Waals surface area contributed by atoms with E-state index >= 15 is 0 Å². The Balaban J connectivity index is 1.48. The molecule has 27 heavy (non-hydrogen) atoms. The first-order valence-electron chi connectivity index (χ1n) is 8.53. The van der Waals surface area contributed by atoms with Gasteiger partial charge < -0.3 is 24.1 Å². The number of rotatable bonds is 6. The fourth-order valence-corrected chi connectivity index (χ4v) is 2.52. The van der Waals surface area contributed by atoms with Crippen LogP contribution in [0.5, 0.6) is 23.0 Å². The zero-order valence-corrected chi connectivity index (χ0v) is 15.3. The first kappa shape index (κ1) is 18.8. The number of ether oxygens (including phenoxy) is 4. The number of phenolic OH excluding ortho intramolecular Hbond substituents is 1. The van der Waals surface area contributed by atoms with Gasteiger partial charge in [0.05, 0.1) is 13.0 Å². The number of hydrogen-bond donors (Lipinski definition) is 1. The van der Waals surface area contributed by atoms with Crippen molar-refractivity contribution in [1.82, 2.24) is 0 Å². The summed E-state index contributed by atoms with van der Waals surface area (Å²) in [6.45, 7) is 4.97. The van der Waals surface area contributed by atoms with Crippen LogP contribution in [0, 0.1) is 12.7 Å². The maximum absolute atomic E-state index is 13.0. The van der Waals surface area contributed by atoms with Crippen molar-refractivity contribution in [3.8, 4) is 23.0 Å². The summed E-state index contributed by atoms with van der Waals surface area (Å²) < 4.78 is 35.0. The number of carbonyl (C=O) groups is 1. The van der Waals surface area contributed by atoms with Crippen LogP contribution < -0.4 is 14.2 Å². The van der Waals surface area contributed by atoms with E-state index in [0.29, 0.717) is 29.2 Å². The molecule has 1 unspecified atom stereocenters. The second-order valence-corrected chi connectivity index (χ2v) is 6.74. The highest BCUT2D eigenvalue weighted by atomic mass is 19.1. The Hall–Kier alpha value is -2.96. The average Bonchev–Trinajstić information content (AvgIpc) is 2.98. The Morgan fingerprint density at radius 2 is 1.81 bits per heavy atom. The minimum Gasteiger partial charge on any atom is -0.508 e. The predicted molar refractivity (Wildman–Crippen MR) is 94.6 cm³/mol. The predicted octanol–water partition coefficient (Wildman–Crippen LogP) is 3.73. The normalized spacial score (nSPS) is 15.5. The molecule has 0 amide bonds. The number of fused-ring (bicyclic) bond motifs is 1. The summed E-state index contributed by atoms with van der Waals surface area (Å²) in [6, 6.07) is 8.58. The molecule has 1 heterocycles. The highest BCUT2D eigenvalue weighted by Crippen LogP contribution is 2.39. The van der Waals surface area contributed by atoms with Gasteiger partial charge in [0.15, 0.2) is 17.1 Å². The van der Waals surface area contributed by atoms with Gasteiger partial charge in [0.2, 0.25) is 6.29 Å². The maximum atomic E-state index is 13.0. The lowest BCUT2D eigenvalue weighted by atomic mass is 10.1. The van der Waals surface area contributed by atoms with Crippen LogP contribution in [0.2, 0.25) is 0 Å². The zero-order valence-electron chi connectivity index (χ0n) is 15.3. The molecule has 144 valence electrons. The van der Waals surface area contributed by atoms with Crippen LogP contribution >= 0.6 is 0 Å². The van der Waals surface area contributed by atoms with Crippen LogP contribution in [0.1, 0.15) is 25.8 Å². The quantitative estimate of drug-likeness (QED) is 0.775. The molecule has 0 saturated heterocycles. The Morgan fingerprint density at radius 1 is 1.19 bits per heavy atom. The van der Waals surface area contributed by atoms with Crippen LogP contribution in [0.15, 0.2) is 36.4 Å².